The van der Waals surface area contributed by atoms with E-state index in [1.54, 1.807) is 12.1 Å². The van der Waals surface area contributed by atoms with Crippen LogP contribution in [0, 0.1) is 5.92 Å². The van der Waals surface area contributed by atoms with E-state index >= 15 is 0 Å². The summed E-state index contributed by atoms with van der Waals surface area (Å²) in [6.07, 6.45) is 13.5. The lowest BCUT2D eigenvalue weighted by molar-refractivity contribution is 0.238. The van der Waals surface area contributed by atoms with E-state index in [0.717, 1.165) is 12.3 Å². The van der Waals surface area contributed by atoms with Crippen molar-refractivity contribution in [2.24, 2.45) is 5.92 Å². The molecule has 3 rings (SSSR count). The van der Waals surface area contributed by atoms with Gasteiger partial charge in [-0.15, -0.1) is 0 Å². The molecule has 1 fully saturated rings. The molecule has 1 atom stereocenters. The minimum atomic E-state index is 0.0580. The van der Waals surface area contributed by atoms with Gasteiger partial charge < -0.3 is 9.67 Å². The van der Waals surface area contributed by atoms with Crippen molar-refractivity contribution >= 4 is 0 Å². The number of phenols is 1. The van der Waals surface area contributed by atoms with Crippen molar-refractivity contribution in [2.45, 2.75) is 51.0 Å². The first-order valence-corrected chi connectivity index (χ1v) is 7.92. The van der Waals surface area contributed by atoms with Crippen molar-refractivity contribution in [3.8, 4) is 5.75 Å². The fraction of sp³-hybridized carbons (Fsp3) is 0.500. The minimum Gasteiger partial charge on any atom is -0.508 e. The molecule has 21 heavy (non-hydrogen) atoms. The van der Waals surface area contributed by atoms with Crippen LogP contribution in [0.3, 0.4) is 0 Å². The summed E-state index contributed by atoms with van der Waals surface area (Å²) < 4.78 is 2.26. The molecule has 1 saturated carbocycles. The average Bonchev–Trinajstić information content (AvgIpc) is 3.14. The maximum Gasteiger partial charge on any atom is 0.115 e. The lowest BCUT2D eigenvalue weighted by Gasteiger charge is -2.34. The van der Waals surface area contributed by atoms with Crippen LogP contribution < -0.4 is 0 Å². The number of hydrogen-bond donors (Lipinski definition) is 1. The van der Waals surface area contributed by atoms with Gasteiger partial charge in [0.05, 0.1) is 6.33 Å². The molecule has 0 bridgehead atoms. The summed E-state index contributed by atoms with van der Waals surface area (Å²) in [6.45, 7) is 2.33. The van der Waals surface area contributed by atoms with Crippen molar-refractivity contribution in [2.75, 3.05) is 0 Å². The SMILES string of the molecule is CC(Cc1ccc(O)cc1)(CC1CCCC1)n1ccnc1. The number of phenolic OH excluding ortho intramolecular Hbond substituents is 1. The number of aromatic hydroxyl groups is 1. The van der Waals surface area contributed by atoms with Gasteiger partial charge in [-0.1, -0.05) is 37.8 Å². The van der Waals surface area contributed by atoms with Crippen LogP contribution in [0.5, 0.6) is 5.75 Å². The Morgan fingerprint density at radius 2 is 1.95 bits per heavy atom. The van der Waals surface area contributed by atoms with E-state index in [0.29, 0.717) is 5.75 Å². The number of benzene rings is 1. The molecule has 1 aliphatic rings. The van der Waals surface area contributed by atoms with Gasteiger partial charge in [-0.2, -0.15) is 0 Å². The van der Waals surface area contributed by atoms with E-state index in [9.17, 15) is 5.11 Å². The first-order chi connectivity index (χ1) is 10.2. The van der Waals surface area contributed by atoms with Crippen LogP contribution >= 0.6 is 0 Å². The predicted molar refractivity (Wildman–Crippen MR) is 84.3 cm³/mol. The largest absolute Gasteiger partial charge is 0.508 e. The van der Waals surface area contributed by atoms with Crippen molar-refractivity contribution in [1.29, 1.82) is 0 Å². The van der Waals surface area contributed by atoms with Gasteiger partial charge in [-0.05, 0) is 43.4 Å². The summed E-state index contributed by atoms with van der Waals surface area (Å²) in [4.78, 5) is 4.24. The standard InChI is InChI=1S/C18H24N2O/c1-18(20-11-10-19-14-20,12-15-4-2-3-5-15)13-16-6-8-17(21)9-7-16/h6-11,14-15,21H,2-5,12-13H2,1H3. The topological polar surface area (TPSA) is 38.0 Å². The third-order valence-electron chi connectivity index (χ3n) is 4.85. The van der Waals surface area contributed by atoms with Gasteiger partial charge in [-0.25, -0.2) is 4.98 Å². The molecule has 3 nitrogen and oxygen atoms in total. The van der Waals surface area contributed by atoms with Crippen LogP contribution in [0.25, 0.3) is 0 Å². The maximum absolute atomic E-state index is 9.45. The molecule has 3 heteroatoms. The van der Waals surface area contributed by atoms with Gasteiger partial charge in [0, 0.05) is 17.9 Å². The summed E-state index contributed by atoms with van der Waals surface area (Å²) >= 11 is 0. The third kappa shape index (κ3) is 3.29. The summed E-state index contributed by atoms with van der Waals surface area (Å²) in [5.41, 5.74) is 1.32. The Morgan fingerprint density at radius 3 is 2.57 bits per heavy atom. The fourth-order valence-electron chi connectivity index (χ4n) is 3.74. The van der Waals surface area contributed by atoms with E-state index < -0.39 is 0 Å². The summed E-state index contributed by atoms with van der Waals surface area (Å²) in [5, 5.41) is 9.45. The highest BCUT2D eigenvalue weighted by Gasteiger charge is 2.31. The first kappa shape index (κ1) is 14.2. The highest BCUT2D eigenvalue weighted by molar-refractivity contribution is 5.27. The quantitative estimate of drug-likeness (QED) is 0.896. The smallest absolute Gasteiger partial charge is 0.115 e. The summed E-state index contributed by atoms with van der Waals surface area (Å²) in [6, 6.07) is 7.61. The number of nitrogens with zero attached hydrogens (tertiary/aromatic N) is 2. The molecule has 1 aromatic carbocycles. The molecule has 1 aliphatic carbocycles. The molecule has 2 aromatic rings. The molecule has 112 valence electrons. The lowest BCUT2D eigenvalue weighted by Crippen LogP contribution is -2.33. The normalized spacial score (nSPS) is 18.7. The Labute approximate surface area is 126 Å². The molecule has 1 unspecified atom stereocenters. The molecule has 0 amide bonds. The third-order valence-corrected chi connectivity index (χ3v) is 4.85. The molecule has 0 spiro atoms. The van der Waals surface area contributed by atoms with E-state index in [-0.39, 0.29) is 5.54 Å². The molecule has 0 radical (unpaired) electrons. The van der Waals surface area contributed by atoms with Gasteiger partial charge in [-0.3, -0.25) is 0 Å². The molecule has 0 saturated heterocycles. The van der Waals surface area contributed by atoms with E-state index in [1.807, 2.05) is 24.7 Å². The zero-order valence-corrected chi connectivity index (χ0v) is 12.7. The lowest BCUT2D eigenvalue weighted by atomic mass is 9.83. The summed E-state index contributed by atoms with van der Waals surface area (Å²) in [5.74, 6) is 1.16. The minimum absolute atomic E-state index is 0.0580. The van der Waals surface area contributed by atoms with E-state index in [1.165, 1.54) is 37.7 Å². The Kier molecular flexibility index (Phi) is 4.00. The van der Waals surface area contributed by atoms with Crippen LogP contribution in [-0.4, -0.2) is 14.7 Å². The fourth-order valence-corrected chi connectivity index (χ4v) is 3.74. The average molecular weight is 284 g/mol. The monoisotopic (exact) mass is 284 g/mol. The van der Waals surface area contributed by atoms with Crippen molar-refractivity contribution in [1.82, 2.24) is 9.55 Å². The predicted octanol–water partition coefficient (Wildman–Crippen LogP) is 4.13. The Morgan fingerprint density at radius 1 is 1.24 bits per heavy atom. The van der Waals surface area contributed by atoms with Crippen molar-refractivity contribution < 1.29 is 5.11 Å². The zero-order chi connectivity index (χ0) is 14.7. The summed E-state index contributed by atoms with van der Waals surface area (Å²) in [7, 11) is 0. The molecule has 1 aromatic heterocycles. The second kappa shape index (κ2) is 5.92. The Balaban J connectivity index is 1.82. The Bertz CT molecular complexity index is 555. The van der Waals surface area contributed by atoms with Gasteiger partial charge in [0.15, 0.2) is 0 Å². The molecule has 0 aliphatic heterocycles. The van der Waals surface area contributed by atoms with Crippen LogP contribution in [-0.2, 0) is 12.0 Å². The molecular formula is C18H24N2O. The van der Waals surface area contributed by atoms with Crippen LogP contribution in [0.15, 0.2) is 43.0 Å². The van der Waals surface area contributed by atoms with Crippen molar-refractivity contribution in [3.63, 3.8) is 0 Å². The van der Waals surface area contributed by atoms with Gasteiger partial charge in [0.25, 0.3) is 0 Å². The van der Waals surface area contributed by atoms with Crippen LogP contribution in [0.2, 0.25) is 0 Å². The van der Waals surface area contributed by atoms with Crippen LogP contribution in [0.4, 0.5) is 0 Å². The molecular weight excluding hydrogens is 260 g/mol. The van der Waals surface area contributed by atoms with Gasteiger partial charge in [0.1, 0.15) is 5.75 Å². The first-order valence-electron chi connectivity index (χ1n) is 7.92. The maximum atomic E-state index is 9.45. The highest BCUT2D eigenvalue weighted by Crippen LogP contribution is 2.37. The molecule has 1 heterocycles. The van der Waals surface area contributed by atoms with E-state index in [2.05, 4.69) is 22.7 Å². The number of hydrogen-bond acceptors (Lipinski definition) is 2. The van der Waals surface area contributed by atoms with Gasteiger partial charge >= 0.3 is 0 Å². The second-order valence-electron chi connectivity index (χ2n) is 6.66. The van der Waals surface area contributed by atoms with Crippen molar-refractivity contribution in [3.05, 3.63) is 48.5 Å². The Hall–Kier alpha value is -1.77. The number of aromatic nitrogens is 2. The molecule has 1 N–H and O–H groups in total. The zero-order valence-electron chi connectivity index (χ0n) is 12.7. The van der Waals surface area contributed by atoms with Gasteiger partial charge in [0.2, 0.25) is 0 Å². The highest BCUT2D eigenvalue weighted by atomic mass is 16.3. The number of imidazole rings is 1. The van der Waals surface area contributed by atoms with E-state index in [4.69, 9.17) is 0 Å². The second-order valence-corrected chi connectivity index (χ2v) is 6.66. The van der Waals surface area contributed by atoms with Crippen LogP contribution in [0.1, 0.15) is 44.6 Å². The number of rotatable bonds is 5.